The molecule has 24 heavy (non-hydrogen) atoms. The Bertz CT molecular complexity index is 653. The average molecular weight is 325 g/mol. The Labute approximate surface area is 142 Å². The summed E-state index contributed by atoms with van der Waals surface area (Å²) < 4.78 is 5.41. The fraction of sp³-hybridized carbons (Fsp3) is 0.350. The van der Waals surface area contributed by atoms with Crippen molar-refractivity contribution in [3.8, 4) is 0 Å². The standard InChI is InChI=1S/C20H23NO3/c22-19(18-12-7-13-24-18)21-15-20(23,17-10-5-2-6-11-17)14-16-8-3-1-4-9-16/h1-6,8-11,18,23H,7,12-15H2,(H,21,22)/t18-,20-/m1/s1. The Balaban J connectivity index is 1.75. The minimum absolute atomic E-state index is 0.144. The fourth-order valence-electron chi connectivity index (χ4n) is 3.08. The van der Waals surface area contributed by atoms with Crippen molar-refractivity contribution >= 4 is 5.91 Å². The monoisotopic (exact) mass is 325 g/mol. The summed E-state index contributed by atoms with van der Waals surface area (Å²) in [6.45, 7) is 0.787. The van der Waals surface area contributed by atoms with E-state index in [2.05, 4.69) is 5.32 Å². The Kier molecular flexibility index (Phi) is 5.28. The smallest absolute Gasteiger partial charge is 0.249 e. The third-order valence-corrected chi connectivity index (χ3v) is 4.43. The number of ether oxygens (including phenoxy) is 1. The number of amides is 1. The Morgan fingerprint density at radius 2 is 1.79 bits per heavy atom. The number of carbonyl (C=O) groups is 1. The molecule has 0 radical (unpaired) electrons. The van der Waals surface area contributed by atoms with Gasteiger partial charge >= 0.3 is 0 Å². The van der Waals surface area contributed by atoms with Gasteiger partial charge in [0, 0.05) is 13.0 Å². The molecule has 1 amide bonds. The minimum Gasteiger partial charge on any atom is -0.383 e. The van der Waals surface area contributed by atoms with Crippen LogP contribution in [0.2, 0.25) is 0 Å². The second-order valence-corrected chi connectivity index (χ2v) is 6.28. The van der Waals surface area contributed by atoms with Gasteiger partial charge in [-0.2, -0.15) is 0 Å². The zero-order chi connectivity index (χ0) is 16.8. The van der Waals surface area contributed by atoms with Crippen LogP contribution >= 0.6 is 0 Å². The first-order chi connectivity index (χ1) is 11.7. The minimum atomic E-state index is -1.16. The van der Waals surface area contributed by atoms with E-state index < -0.39 is 5.60 Å². The van der Waals surface area contributed by atoms with E-state index >= 15 is 0 Å². The molecule has 4 heteroatoms. The van der Waals surface area contributed by atoms with Crippen molar-refractivity contribution in [2.75, 3.05) is 13.2 Å². The molecule has 2 atom stereocenters. The zero-order valence-corrected chi connectivity index (χ0v) is 13.7. The van der Waals surface area contributed by atoms with Gasteiger partial charge in [-0.3, -0.25) is 4.79 Å². The Hall–Kier alpha value is -2.17. The van der Waals surface area contributed by atoms with E-state index in [0.717, 1.165) is 24.0 Å². The lowest BCUT2D eigenvalue weighted by Crippen LogP contribution is -2.45. The highest BCUT2D eigenvalue weighted by molar-refractivity contribution is 5.81. The molecule has 0 saturated carbocycles. The Morgan fingerprint density at radius 3 is 2.42 bits per heavy atom. The lowest BCUT2D eigenvalue weighted by Gasteiger charge is -2.30. The van der Waals surface area contributed by atoms with E-state index in [9.17, 15) is 9.90 Å². The lowest BCUT2D eigenvalue weighted by molar-refractivity contribution is -0.131. The van der Waals surface area contributed by atoms with Crippen molar-refractivity contribution in [3.05, 3.63) is 71.8 Å². The zero-order valence-electron chi connectivity index (χ0n) is 13.7. The number of carbonyl (C=O) groups excluding carboxylic acids is 1. The van der Waals surface area contributed by atoms with Gasteiger partial charge in [0.05, 0.1) is 6.54 Å². The van der Waals surface area contributed by atoms with Crippen molar-refractivity contribution in [1.82, 2.24) is 5.32 Å². The molecule has 1 heterocycles. The first-order valence-corrected chi connectivity index (χ1v) is 8.38. The lowest BCUT2D eigenvalue weighted by atomic mass is 9.87. The highest BCUT2D eigenvalue weighted by Crippen LogP contribution is 2.25. The van der Waals surface area contributed by atoms with Crippen LogP contribution in [0.1, 0.15) is 24.0 Å². The Morgan fingerprint density at radius 1 is 1.12 bits per heavy atom. The van der Waals surface area contributed by atoms with E-state index in [1.807, 2.05) is 60.7 Å². The van der Waals surface area contributed by atoms with E-state index in [1.165, 1.54) is 0 Å². The van der Waals surface area contributed by atoms with Crippen LogP contribution in [0.25, 0.3) is 0 Å². The van der Waals surface area contributed by atoms with Crippen LogP contribution in [-0.2, 0) is 21.6 Å². The highest BCUT2D eigenvalue weighted by atomic mass is 16.5. The molecule has 4 nitrogen and oxygen atoms in total. The topological polar surface area (TPSA) is 58.6 Å². The fourth-order valence-corrected chi connectivity index (χ4v) is 3.08. The van der Waals surface area contributed by atoms with Gasteiger partial charge in [-0.1, -0.05) is 60.7 Å². The predicted molar refractivity (Wildman–Crippen MR) is 92.5 cm³/mol. The maximum Gasteiger partial charge on any atom is 0.249 e. The predicted octanol–water partition coefficient (Wildman–Crippen LogP) is 2.41. The summed E-state index contributed by atoms with van der Waals surface area (Å²) in [6, 6.07) is 19.3. The average Bonchev–Trinajstić information content (AvgIpc) is 3.16. The number of rotatable bonds is 6. The van der Waals surface area contributed by atoms with Gasteiger partial charge in [0.2, 0.25) is 5.91 Å². The molecule has 0 unspecified atom stereocenters. The summed E-state index contributed by atoms with van der Waals surface area (Å²) >= 11 is 0. The van der Waals surface area contributed by atoms with Gasteiger partial charge in [0.25, 0.3) is 0 Å². The van der Waals surface area contributed by atoms with Crippen LogP contribution in [0, 0.1) is 0 Å². The second-order valence-electron chi connectivity index (χ2n) is 6.28. The molecule has 0 aromatic heterocycles. The van der Waals surface area contributed by atoms with Gasteiger partial charge in [0.15, 0.2) is 0 Å². The molecular weight excluding hydrogens is 302 g/mol. The summed E-state index contributed by atoms with van der Waals surface area (Å²) in [5, 5.41) is 14.1. The summed E-state index contributed by atoms with van der Waals surface area (Å²) in [4.78, 5) is 12.2. The summed E-state index contributed by atoms with van der Waals surface area (Å²) in [7, 11) is 0. The number of aliphatic hydroxyl groups is 1. The molecular formula is C20H23NO3. The number of hydrogen-bond acceptors (Lipinski definition) is 3. The van der Waals surface area contributed by atoms with Gasteiger partial charge in [-0.15, -0.1) is 0 Å². The van der Waals surface area contributed by atoms with Gasteiger partial charge < -0.3 is 15.2 Å². The first kappa shape index (κ1) is 16.7. The van der Waals surface area contributed by atoms with Crippen molar-refractivity contribution in [2.24, 2.45) is 0 Å². The molecule has 1 fully saturated rings. The number of hydrogen-bond donors (Lipinski definition) is 2. The molecule has 2 aromatic rings. The van der Waals surface area contributed by atoms with Crippen LogP contribution in [0.3, 0.4) is 0 Å². The van der Waals surface area contributed by atoms with E-state index in [4.69, 9.17) is 4.74 Å². The third-order valence-electron chi connectivity index (χ3n) is 4.43. The molecule has 0 aliphatic carbocycles. The third kappa shape index (κ3) is 4.02. The van der Waals surface area contributed by atoms with Crippen LogP contribution in [-0.4, -0.2) is 30.3 Å². The SMILES string of the molecule is O=C(NC[C@](O)(Cc1ccccc1)c1ccccc1)[C@H]1CCCO1. The van der Waals surface area contributed by atoms with E-state index in [-0.39, 0.29) is 18.6 Å². The molecule has 1 aliphatic rings. The van der Waals surface area contributed by atoms with Crippen molar-refractivity contribution in [1.29, 1.82) is 0 Å². The maximum absolute atomic E-state index is 12.2. The van der Waals surface area contributed by atoms with Crippen molar-refractivity contribution in [3.63, 3.8) is 0 Å². The molecule has 1 saturated heterocycles. The molecule has 1 aliphatic heterocycles. The van der Waals surface area contributed by atoms with E-state index in [1.54, 1.807) is 0 Å². The van der Waals surface area contributed by atoms with Gasteiger partial charge in [0.1, 0.15) is 11.7 Å². The van der Waals surface area contributed by atoms with Crippen LogP contribution in [0.15, 0.2) is 60.7 Å². The van der Waals surface area contributed by atoms with Gasteiger partial charge in [-0.05, 0) is 24.0 Å². The van der Waals surface area contributed by atoms with Crippen molar-refractivity contribution in [2.45, 2.75) is 31.0 Å². The normalized spacial score (nSPS) is 19.6. The van der Waals surface area contributed by atoms with Gasteiger partial charge in [-0.25, -0.2) is 0 Å². The number of nitrogens with one attached hydrogen (secondary N) is 1. The molecule has 2 aromatic carbocycles. The molecule has 126 valence electrons. The highest BCUT2D eigenvalue weighted by Gasteiger charge is 2.32. The summed E-state index contributed by atoms with van der Waals surface area (Å²) in [5.74, 6) is -0.144. The summed E-state index contributed by atoms with van der Waals surface area (Å²) in [6.07, 6.45) is 1.70. The van der Waals surface area contributed by atoms with Crippen molar-refractivity contribution < 1.29 is 14.6 Å². The second kappa shape index (κ2) is 7.60. The van der Waals surface area contributed by atoms with Crippen LogP contribution in [0.5, 0.6) is 0 Å². The largest absolute Gasteiger partial charge is 0.383 e. The molecule has 2 N–H and O–H groups in total. The molecule has 3 rings (SSSR count). The summed E-state index contributed by atoms with van der Waals surface area (Å²) in [5.41, 5.74) is 0.661. The molecule has 0 bridgehead atoms. The van der Waals surface area contributed by atoms with Crippen LogP contribution in [0.4, 0.5) is 0 Å². The maximum atomic E-state index is 12.2. The number of benzene rings is 2. The molecule has 0 spiro atoms. The van der Waals surface area contributed by atoms with E-state index in [0.29, 0.717) is 13.0 Å². The van der Waals surface area contributed by atoms with Crippen LogP contribution < -0.4 is 5.32 Å². The first-order valence-electron chi connectivity index (χ1n) is 8.38. The quantitative estimate of drug-likeness (QED) is 0.857.